The Bertz CT molecular complexity index is 403. The van der Waals surface area contributed by atoms with Gasteiger partial charge in [0.25, 0.3) is 0 Å². The van der Waals surface area contributed by atoms with E-state index < -0.39 is 8.07 Å². The minimum atomic E-state index is -1.74. The summed E-state index contributed by atoms with van der Waals surface area (Å²) >= 11 is 0. The highest BCUT2D eigenvalue weighted by atomic mass is 28.3. The Hall–Kier alpha value is -1.15. The Kier molecular flexibility index (Phi) is 5.09. The number of benzene rings is 1. The molecule has 2 heteroatoms. The smallest absolute Gasteiger partial charge is 0.124 e. The lowest BCUT2D eigenvalue weighted by molar-refractivity contribution is -0.116. The quantitative estimate of drug-likeness (QED) is 0.546. The maximum absolute atomic E-state index is 12.6. The van der Waals surface area contributed by atoms with Gasteiger partial charge in [-0.2, -0.15) is 0 Å². The highest BCUT2D eigenvalue weighted by Gasteiger charge is 2.34. The molecular formula is C16H24OSi. The van der Waals surface area contributed by atoms with E-state index in [2.05, 4.69) is 45.3 Å². The molecule has 0 unspecified atom stereocenters. The standard InChI is InChI=1S/C16H24OSi/c1-6-14(13-11-9-8-10-12-13)15(7-2)16(17)18(3,4)5/h6,8-12,14-15H,1,7H2,2-5H3/t14-,15+/m1/s1. The molecule has 0 fully saturated rings. The number of allylic oxidation sites excluding steroid dienone is 1. The van der Waals surface area contributed by atoms with Crippen LogP contribution in [0.1, 0.15) is 24.8 Å². The topological polar surface area (TPSA) is 17.1 Å². The number of carbonyl (C=O) groups is 1. The maximum Gasteiger partial charge on any atom is 0.124 e. The van der Waals surface area contributed by atoms with Crippen LogP contribution in [0.5, 0.6) is 0 Å². The minimum Gasteiger partial charge on any atom is -0.305 e. The van der Waals surface area contributed by atoms with Crippen molar-refractivity contribution in [3.63, 3.8) is 0 Å². The molecule has 0 spiro atoms. The molecule has 1 rings (SSSR count). The van der Waals surface area contributed by atoms with Crippen molar-refractivity contribution in [2.45, 2.75) is 38.9 Å². The van der Waals surface area contributed by atoms with E-state index in [-0.39, 0.29) is 11.8 Å². The van der Waals surface area contributed by atoms with Crippen LogP contribution in [0.25, 0.3) is 0 Å². The molecule has 0 heterocycles. The van der Waals surface area contributed by atoms with Crippen molar-refractivity contribution in [2.24, 2.45) is 5.92 Å². The van der Waals surface area contributed by atoms with E-state index in [0.29, 0.717) is 5.41 Å². The van der Waals surface area contributed by atoms with E-state index in [4.69, 9.17) is 0 Å². The van der Waals surface area contributed by atoms with Crippen LogP contribution < -0.4 is 0 Å². The zero-order valence-corrected chi connectivity index (χ0v) is 12.9. The van der Waals surface area contributed by atoms with Crippen LogP contribution in [0.15, 0.2) is 43.0 Å². The first-order chi connectivity index (χ1) is 8.41. The van der Waals surface area contributed by atoms with Crippen LogP contribution in [0.4, 0.5) is 0 Å². The van der Waals surface area contributed by atoms with Crippen LogP contribution in [0, 0.1) is 5.92 Å². The Morgan fingerprint density at radius 1 is 1.28 bits per heavy atom. The van der Waals surface area contributed by atoms with E-state index in [1.165, 1.54) is 5.56 Å². The maximum atomic E-state index is 12.6. The molecule has 0 saturated carbocycles. The van der Waals surface area contributed by atoms with Crippen molar-refractivity contribution in [1.29, 1.82) is 0 Å². The van der Waals surface area contributed by atoms with Gasteiger partial charge in [-0.15, -0.1) is 6.58 Å². The van der Waals surface area contributed by atoms with E-state index >= 15 is 0 Å². The van der Waals surface area contributed by atoms with Crippen molar-refractivity contribution in [3.8, 4) is 0 Å². The monoisotopic (exact) mass is 260 g/mol. The molecule has 1 aromatic rings. The Balaban J connectivity index is 3.06. The first-order valence-corrected chi connectivity index (χ1v) is 10.1. The molecule has 0 aliphatic heterocycles. The summed E-state index contributed by atoms with van der Waals surface area (Å²) in [5, 5.41) is 0.457. The van der Waals surface area contributed by atoms with E-state index in [0.717, 1.165) is 6.42 Å². The zero-order valence-electron chi connectivity index (χ0n) is 11.9. The fourth-order valence-electron chi connectivity index (χ4n) is 2.37. The lowest BCUT2D eigenvalue weighted by Gasteiger charge is -2.28. The summed E-state index contributed by atoms with van der Waals surface area (Å²) in [7, 11) is -1.74. The van der Waals surface area contributed by atoms with Crippen molar-refractivity contribution in [2.75, 3.05) is 0 Å². The van der Waals surface area contributed by atoms with Gasteiger partial charge in [-0.3, -0.25) is 0 Å². The highest BCUT2D eigenvalue weighted by molar-refractivity contribution is 7.03. The largest absolute Gasteiger partial charge is 0.305 e. The molecule has 0 saturated heterocycles. The van der Waals surface area contributed by atoms with Crippen LogP contribution in [-0.4, -0.2) is 13.5 Å². The summed E-state index contributed by atoms with van der Waals surface area (Å²) in [5.41, 5.74) is 1.20. The van der Waals surface area contributed by atoms with Gasteiger partial charge in [0.2, 0.25) is 0 Å². The molecule has 98 valence electrons. The molecule has 0 aromatic heterocycles. The lowest BCUT2D eigenvalue weighted by atomic mass is 9.85. The van der Waals surface area contributed by atoms with Crippen molar-refractivity contribution in [3.05, 3.63) is 48.6 Å². The molecule has 0 aliphatic carbocycles. The third-order valence-electron chi connectivity index (χ3n) is 3.39. The summed E-state index contributed by atoms with van der Waals surface area (Å²) in [6.07, 6.45) is 2.82. The second-order valence-corrected chi connectivity index (χ2v) is 10.8. The molecule has 1 nitrogen and oxygen atoms in total. The Morgan fingerprint density at radius 3 is 2.22 bits per heavy atom. The van der Waals surface area contributed by atoms with Crippen molar-refractivity contribution < 1.29 is 4.79 Å². The number of rotatable bonds is 6. The second kappa shape index (κ2) is 6.14. The highest BCUT2D eigenvalue weighted by Crippen LogP contribution is 2.31. The molecule has 0 radical (unpaired) electrons. The fourth-order valence-corrected chi connectivity index (χ4v) is 3.86. The number of hydrogen-bond donors (Lipinski definition) is 0. The second-order valence-electron chi connectivity index (χ2n) is 5.80. The van der Waals surface area contributed by atoms with E-state index in [1.54, 1.807) is 0 Å². The number of hydrogen-bond acceptors (Lipinski definition) is 1. The van der Waals surface area contributed by atoms with Gasteiger partial charge in [-0.1, -0.05) is 63.0 Å². The molecule has 0 aliphatic rings. The summed E-state index contributed by atoms with van der Waals surface area (Å²) < 4.78 is 0. The van der Waals surface area contributed by atoms with Gasteiger partial charge in [0.15, 0.2) is 0 Å². The fraction of sp³-hybridized carbons (Fsp3) is 0.438. The normalized spacial score (nSPS) is 14.9. The van der Waals surface area contributed by atoms with E-state index in [9.17, 15) is 4.79 Å². The van der Waals surface area contributed by atoms with Crippen LogP contribution in [-0.2, 0) is 4.79 Å². The van der Waals surface area contributed by atoms with Crippen LogP contribution in [0.2, 0.25) is 19.6 Å². The predicted molar refractivity (Wildman–Crippen MR) is 81.5 cm³/mol. The minimum absolute atomic E-state index is 0.0802. The Labute approximate surface area is 112 Å². The van der Waals surface area contributed by atoms with Gasteiger partial charge in [-0.05, 0) is 12.0 Å². The van der Waals surface area contributed by atoms with Gasteiger partial charge in [0.05, 0.1) is 0 Å². The van der Waals surface area contributed by atoms with Crippen molar-refractivity contribution in [1.82, 2.24) is 0 Å². The summed E-state index contributed by atoms with van der Waals surface area (Å²) in [4.78, 5) is 12.6. The van der Waals surface area contributed by atoms with Gasteiger partial charge in [0.1, 0.15) is 13.5 Å². The van der Waals surface area contributed by atoms with Gasteiger partial charge in [0, 0.05) is 11.8 Å². The van der Waals surface area contributed by atoms with Crippen LogP contribution >= 0.6 is 0 Å². The molecule has 0 N–H and O–H groups in total. The van der Waals surface area contributed by atoms with Crippen LogP contribution in [0.3, 0.4) is 0 Å². The summed E-state index contributed by atoms with van der Waals surface area (Å²) in [5.74, 6) is 0.229. The van der Waals surface area contributed by atoms with Gasteiger partial charge < -0.3 is 4.79 Å². The van der Waals surface area contributed by atoms with Crippen molar-refractivity contribution >= 4 is 13.5 Å². The predicted octanol–water partition coefficient (Wildman–Crippen LogP) is 4.43. The first-order valence-electron chi connectivity index (χ1n) is 6.63. The average molecular weight is 260 g/mol. The number of carbonyl (C=O) groups excluding carboxylic acids is 1. The van der Waals surface area contributed by atoms with Gasteiger partial charge in [-0.25, -0.2) is 0 Å². The molecule has 1 aromatic carbocycles. The van der Waals surface area contributed by atoms with E-state index in [1.807, 2.05) is 24.3 Å². The first kappa shape index (κ1) is 14.9. The summed E-state index contributed by atoms with van der Waals surface area (Å²) in [6.45, 7) is 12.4. The van der Waals surface area contributed by atoms with Gasteiger partial charge >= 0.3 is 0 Å². The molecule has 0 bridgehead atoms. The molecule has 18 heavy (non-hydrogen) atoms. The third kappa shape index (κ3) is 3.42. The SMILES string of the molecule is C=C[C@H](c1ccccc1)[C@H](CC)C(=O)[Si](C)(C)C. The zero-order chi connectivity index (χ0) is 13.8. The molecule has 0 amide bonds. The Morgan fingerprint density at radius 2 is 1.83 bits per heavy atom. The lowest BCUT2D eigenvalue weighted by Crippen LogP contribution is -2.40. The average Bonchev–Trinajstić information content (AvgIpc) is 2.35. The third-order valence-corrected chi connectivity index (χ3v) is 5.24. The summed E-state index contributed by atoms with van der Waals surface area (Å²) in [6, 6.07) is 10.2. The molecule has 2 atom stereocenters. The molecular weight excluding hydrogens is 236 g/mol.